The Hall–Kier alpha value is -1.57. The van der Waals surface area contributed by atoms with E-state index in [1.54, 1.807) is 0 Å². The Balaban J connectivity index is 2.04. The van der Waals surface area contributed by atoms with Crippen LogP contribution in [0, 0.1) is 0 Å². The van der Waals surface area contributed by atoms with E-state index in [4.69, 9.17) is 9.26 Å². The van der Waals surface area contributed by atoms with E-state index in [9.17, 15) is 4.79 Å². The molecule has 1 aromatic carbocycles. The molecule has 25 heavy (non-hydrogen) atoms. The van der Waals surface area contributed by atoms with Crippen LogP contribution in [0.2, 0.25) is 0 Å². The number of benzene rings is 1. The number of allylic oxidation sites excluding steroid dienone is 2. The van der Waals surface area contributed by atoms with E-state index in [1.165, 1.54) is 16.3 Å². The molecule has 7 heteroatoms. The normalized spacial score (nSPS) is 19.9. The van der Waals surface area contributed by atoms with Crippen LogP contribution in [-0.2, 0) is 9.67 Å². The van der Waals surface area contributed by atoms with Crippen molar-refractivity contribution < 1.29 is 9.26 Å². The highest BCUT2D eigenvalue weighted by atomic mass is 79.9. The summed E-state index contributed by atoms with van der Waals surface area (Å²) in [5.74, 6) is -0.0515. The Labute approximate surface area is 158 Å². The van der Waals surface area contributed by atoms with Crippen molar-refractivity contribution in [2.75, 3.05) is 6.61 Å². The van der Waals surface area contributed by atoms with E-state index < -0.39 is 10.7 Å². The molecule has 1 unspecified atom stereocenters. The minimum atomic E-state index is -0.928. The average Bonchev–Trinajstić information content (AvgIpc) is 3.01. The summed E-state index contributed by atoms with van der Waals surface area (Å²) >= 11 is 4.94. The van der Waals surface area contributed by atoms with E-state index in [0.29, 0.717) is 12.4 Å². The average molecular weight is 423 g/mol. The summed E-state index contributed by atoms with van der Waals surface area (Å²) < 4.78 is 13.6. The van der Waals surface area contributed by atoms with E-state index in [0.717, 1.165) is 28.6 Å². The first-order valence-electron chi connectivity index (χ1n) is 8.07. The van der Waals surface area contributed by atoms with Gasteiger partial charge in [-0.05, 0) is 30.9 Å². The van der Waals surface area contributed by atoms with Crippen molar-refractivity contribution in [3.63, 3.8) is 0 Å². The topological polar surface area (TPSA) is 57.3 Å². The van der Waals surface area contributed by atoms with E-state index >= 15 is 0 Å². The summed E-state index contributed by atoms with van der Waals surface area (Å²) in [5.41, 5.74) is 1.67. The molecule has 132 valence electrons. The lowest BCUT2D eigenvalue weighted by Crippen LogP contribution is -2.35. The second kappa shape index (κ2) is 7.76. The molecule has 0 radical (unpaired) electrons. The zero-order chi connectivity index (χ0) is 17.9. The van der Waals surface area contributed by atoms with Gasteiger partial charge in [0.05, 0.1) is 6.61 Å². The summed E-state index contributed by atoms with van der Waals surface area (Å²) in [6, 6.07) is 7.82. The molecule has 0 saturated carbocycles. The zero-order valence-electron chi connectivity index (χ0n) is 14.1. The summed E-state index contributed by atoms with van der Waals surface area (Å²) in [6.45, 7) is 4.39. The highest BCUT2D eigenvalue weighted by Crippen LogP contribution is 2.47. The van der Waals surface area contributed by atoms with Crippen LogP contribution in [-0.4, -0.2) is 16.3 Å². The Kier molecular flexibility index (Phi) is 5.66. The maximum absolute atomic E-state index is 12.1. The summed E-state index contributed by atoms with van der Waals surface area (Å²) in [4.78, 5) is 11.1. The van der Waals surface area contributed by atoms with Crippen LogP contribution in [0.4, 0.5) is 0 Å². The number of hydrogen-bond acceptors (Lipinski definition) is 5. The fourth-order valence-corrected chi connectivity index (χ4v) is 3.96. The first-order chi connectivity index (χ1) is 12.1. The van der Waals surface area contributed by atoms with Crippen molar-refractivity contribution in [1.82, 2.24) is 9.72 Å². The van der Waals surface area contributed by atoms with Gasteiger partial charge in [-0.3, -0.25) is 4.52 Å². The van der Waals surface area contributed by atoms with Gasteiger partial charge < -0.3 is 4.74 Å². The van der Waals surface area contributed by atoms with Crippen molar-refractivity contribution in [1.29, 1.82) is 0 Å². The largest absolute Gasteiger partial charge is 0.446 e. The lowest BCUT2D eigenvalue weighted by atomic mass is 10.1. The predicted molar refractivity (Wildman–Crippen MR) is 103 cm³/mol. The van der Waals surface area contributed by atoms with Gasteiger partial charge in [0, 0.05) is 15.7 Å². The van der Waals surface area contributed by atoms with E-state index in [2.05, 4.69) is 34.1 Å². The van der Waals surface area contributed by atoms with Gasteiger partial charge in [-0.1, -0.05) is 70.5 Å². The maximum Gasteiger partial charge on any atom is 0.446 e. The lowest BCUT2D eigenvalue weighted by Gasteiger charge is -2.33. The Morgan fingerprint density at radius 1 is 1.36 bits per heavy atom. The minimum Gasteiger partial charge on any atom is -0.348 e. The highest BCUT2D eigenvalue weighted by molar-refractivity contribution is 9.10. The molecule has 0 fully saturated rings. The fourth-order valence-electron chi connectivity index (χ4n) is 2.61. The van der Waals surface area contributed by atoms with Gasteiger partial charge in [0.1, 0.15) is 0 Å². The van der Waals surface area contributed by atoms with E-state index in [1.807, 2.05) is 42.7 Å². The summed E-state index contributed by atoms with van der Waals surface area (Å²) in [5, 5.41) is 5.93. The molecule has 0 saturated heterocycles. The molecule has 0 spiro atoms. The molecule has 1 aliphatic heterocycles. The molecule has 1 aliphatic rings. The van der Waals surface area contributed by atoms with Crippen LogP contribution in [0.25, 0.3) is 5.70 Å². The number of nitrogens with zero attached hydrogens (tertiary/aromatic N) is 2. The molecule has 0 aliphatic carbocycles. The van der Waals surface area contributed by atoms with Crippen LogP contribution in [0.15, 0.2) is 55.6 Å². The number of ether oxygens (including phenoxy) is 1. The van der Waals surface area contributed by atoms with Gasteiger partial charge in [-0.25, -0.2) is 9.36 Å². The number of thioether (sulfide) groups is 1. The molecule has 3 rings (SSSR count). The molecule has 0 N–H and O–H groups in total. The van der Waals surface area contributed by atoms with Crippen molar-refractivity contribution in [2.24, 2.45) is 0 Å². The fraction of sp³-hybridized carbons (Fsp3) is 0.333. The number of rotatable bonds is 6. The van der Waals surface area contributed by atoms with Crippen LogP contribution >= 0.6 is 27.7 Å². The molecule has 1 aromatic heterocycles. The van der Waals surface area contributed by atoms with Crippen molar-refractivity contribution >= 4 is 33.4 Å². The van der Waals surface area contributed by atoms with Crippen molar-refractivity contribution in [2.45, 2.75) is 31.6 Å². The molecule has 1 atom stereocenters. The van der Waals surface area contributed by atoms with Gasteiger partial charge >= 0.3 is 5.76 Å². The maximum atomic E-state index is 12.1. The summed E-state index contributed by atoms with van der Waals surface area (Å²) in [7, 11) is 0. The first-order valence-corrected chi connectivity index (χ1v) is 9.75. The third-order valence-corrected chi connectivity index (χ3v) is 5.73. The third-order valence-electron chi connectivity index (χ3n) is 3.88. The Morgan fingerprint density at radius 2 is 2.12 bits per heavy atom. The SMILES string of the molecule is CCC/C=C\COC1(c2ccc(Br)cc2)SC=C(C)n2c1noc2=O. The third kappa shape index (κ3) is 3.54. The number of halogens is 1. The lowest BCUT2D eigenvalue weighted by molar-refractivity contribution is 0.0642. The molecular formula is C18H19BrN2O3S. The number of aromatic nitrogens is 2. The highest BCUT2D eigenvalue weighted by Gasteiger charge is 2.44. The van der Waals surface area contributed by atoms with Gasteiger partial charge in [0.15, 0.2) is 0 Å². The van der Waals surface area contributed by atoms with Gasteiger partial charge in [-0.2, -0.15) is 0 Å². The number of hydrogen-bond donors (Lipinski definition) is 0. The van der Waals surface area contributed by atoms with Crippen LogP contribution in [0.3, 0.4) is 0 Å². The van der Waals surface area contributed by atoms with Crippen LogP contribution in [0.1, 0.15) is 38.1 Å². The second-order valence-corrected chi connectivity index (χ2v) is 7.64. The molecule has 0 bridgehead atoms. The number of fused-ring (bicyclic) bond motifs is 1. The van der Waals surface area contributed by atoms with Crippen LogP contribution < -0.4 is 5.76 Å². The quantitative estimate of drug-likeness (QED) is 0.629. The summed E-state index contributed by atoms with van der Waals surface area (Å²) in [6.07, 6.45) is 6.20. The Morgan fingerprint density at radius 3 is 2.84 bits per heavy atom. The van der Waals surface area contributed by atoms with Crippen molar-refractivity contribution in [3.8, 4) is 0 Å². The van der Waals surface area contributed by atoms with Crippen LogP contribution in [0.5, 0.6) is 0 Å². The first kappa shape index (κ1) is 18.2. The molecule has 0 amide bonds. The van der Waals surface area contributed by atoms with Gasteiger partial charge in [-0.15, -0.1) is 0 Å². The zero-order valence-corrected chi connectivity index (χ0v) is 16.5. The smallest absolute Gasteiger partial charge is 0.348 e. The predicted octanol–water partition coefficient (Wildman–Crippen LogP) is 4.74. The monoisotopic (exact) mass is 422 g/mol. The second-order valence-electron chi connectivity index (χ2n) is 5.68. The molecular weight excluding hydrogens is 404 g/mol. The minimum absolute atomic E-state index is 0.414. The number of unbranched alkanes of at least 4 members (excludes halogenated alkanes) is 1. The standard InChI is InChI=1S/C18H19BrN2O3S/c1-3-4-5-6-11-23-18(14-7-9-15(19)10-8-14)16-20-24-17(22)21(16)13(2)12-25-18/h5-10,12H,3-4,11H2,1-2H3/b6-5-. The van der Waals surface area contributed by atoms with E-state index in [-0.39, 0.29) is 0 Å². The Bertz CT molecular complexity index is 854. The van der Waals surface area contributed by atoms with Gasteiger partial charge in [0.2, 0.25) is 10.8 Å². The van der Waals surface area contributed by atoms with Gasteiger partial charge in [0.25, 0.3) is 0 Å². The molecule has 2 heterocycles. The van der Waals surface area contributed by atoms with Crippen molar-refractivity contribution in [3.05, 3.63) is 68.2 Å². The molecule has 5 nitrogen and oxygen atoms in total. The molecule has 2 aromatic rings.